The van der Waals surface area contributed by atoms with Crippen molar-refractivity contribution in [2.45, 2.75) is 19.4 Å². The monoisotopic (exact) mass is 343 g/mol. The topological polar surface area (TPSA) is 65.8 Å². The second-order valence-corrected chi connectivity index (χ2v) is 6.91. The number of likely N-dealkylation sites (tertiary alicyclic amines) is 2. The Morgan fingerprint density at radius 2 is 2.08 bits per heavy atom. The van der Waals surface area contributed by atoms with Gasteiger partial charge in [-0.3, -0.25) is 9.69 Å². The molecule has 1 atom stereocenters. The first kappa shape index (κ1) is 17.7. The zero-order valence-electron chi connectivity index (χ0n) is 15.0. The van der Waals surface area contributed by atoms with E-state index in [4.69, 9.17) is 14.7 Å². The van der Waals surface area contributed by atoms with Gasteiger partial charge in [-0.15, -0.1) is 0 Å². The summed E-state index contributed by atoms with van der Waals surface area (Å²) in [7, 11) is 3.29. The molecule has 1 aromatic rings. The first-order chi connectivity index (χ1) is 12.1. The Hall–Kier alpha value is -2.10. The van der Waals surface area contributed by atoms with Gasteiger partial charge >= 0.3 is 0 Å². The molecule has 2 saturated heterocycles. The van der Waals surface area contributed by atoms with Gasteiger partial charge in [-0.1, -0.05) is 6.07 Å². The van der Waals surface area contributed by atoms with Crippen molar-refractivity contribution in [1.82, 2.24) is 9.80 Å². The fraction of sp³-hybridized carbons (Fsp3) is 0.579. The van der Waals surface area contributed by atoms with Crippen molar-refractivity contribution in [2.75, 3.05) is 47.0 Å². The molecule has 0 aromatic heterocycles. The highest BCUT2D eigenvalue weighted by Crippen LogP contribution is 2.41. The Morgan fingerprint density at radius 1 is 1.28 bits per heavy atom. The molecule has 1 spiro atoms. The summed E-state index contributed by atoms with van der Waals surface area (Å²) < 4.78 is 10.5. The smallest absolute Gasteiger partial charge is 0.230 e. The highest BCUT2D eigenvalue weighted by molar-refractivity contribution is 5.85. The Bertz CT molecular complexity index is 685. The van der Waals surface area contributed by atoms with Gasteiger partial charge < -0.3 is 14.4 Å². The second kappa shape index (κ2) is 7.42. The summed E-state index contributed by atoms with van der Waals surface area (Å²) in [5.74, 6) is 1.01. The summed E-state index contributed by atoms with van der Waals surface area (Å²) in [5.41, 5.74) is 1.42. The van der Waals surface area contributed by atoms with Crippen molar-refractivity contribution in [3.63, 3.8) is 0 Å². The zero-order valence-corrected chi connectivity index (χ0v) is 15.0. The summed E-state index contributed by atoms with van der Waals surface area (Å²) in [4.78, 5) is 17.1. The number of hydrogen-bond acceptors (Lipinski definition) is 5. The molecule has 2 aliphatic heterocycles. The maximum atomic E-state index is 12.8. The molecule has 0 saturated carbocycles. The van der Waals surface area contributed by atoms with Crippen molar-refractivity contribution < 1.29 is 14.3 Å². The van der Waals surface area contributed by atoms with Crippen LogP contribution in [0, 0.1) is 16.7 Å². The molecule has 1 amide bonds. The molecule has 25 heavy (non-hydrogen) atoms. The van der Waals surface area contributed by atoms with Crippen LogP contribution >= 0.6 is 0 Å². The number of nitriles is 1. The fourth-order valence-corrected chi connectivity index (χ4v) is 3.97. The molecule has 0 N–H and O–H groups in total. The van der Waals surface area contributed by atoms with Crippen LogP contribution in [0.5, 0.6) is 5.75 Å². The first-order valence-electron chi connectivity index (χ1n) is 8.69. The Balaban J connectivity index is 1.66. The second-order valence-electron chi connectivity index (χ2n) is 6.91. The van der Waals surface area contributed by atoms with Crippen molar-refractivity contribution in [2.24, 2.45) is 5.41 Å². The highest BCUT2D eigenvalue weighted by atomic mass is 16.5. The minimum atomic E-state index is -0.229. The standard InChI is InChI=1S/C19H25N3O3/c1-24-10-9-22-8-6-19(18(22)23)5-7-21(14-19)13-16-4-3-15(12-20)11-17(16)25-2/h3-4,11H,5-10,13-14H2,1-2H3. The lowest BCUT2D eigenvalue weighted by Crippen LogP contribution is -2.38. The molecule has 1 aromatic carbocycles. The predicted octanol–water partition coefficient (Wildman–Crippen LogP) is 1.64. The average molecular weight is 343 g/mol. The van der Waals surface area contributed by atoms with E-state index >= 15 is 0 Å². The van der Waals surface area contributed by atoms with E-state index in [0.717, 1.165) is 50.3 Å². The number of methoxy groups -OCH3 is 2. The van der Waals surface area contributed by atoms with Crippen LogP contribution in [-0.4, -0.2) is 62.7 Å². The van der Waals surface area contributed by atoms with Gasteiger partial charge in [0.25, 0.3) is 0 Å². The summed E-state index contributed by atoms with van der Waals surface area (Å²) in [5, 5.41) is 9.02. The van der Waals surface area contributed by atoms with Crippen LogP contribution in [0.15, 0.2) is 18.2 Å². The highest BCUT2D eigenvalue weighted by Gasteiger charge is 2.50. The van der Waals surface area contributed by atoms with E-state index in [2.05, 4.69) is 11.0 Å². The van der Waals surface area contributed by atoms with E-state index in [9.17, 15) is 4.79 Å². The molecule has 0 aliphatic carbocycles. The number of carbonyl (C=O) groups excluding carboxylic acids is 1. The van der Waals surface area contributed by atoms with Crippen LogP contribution in [0.3, 0.4) is 0 Å². The Labute approximate surface area is 148 Å². The minimum Gasteiger partial charge on any atom is -0.496 e. The largest absolute Gasteiger partial charge is 0.496 e. The van der Waals surface area contributed by atoms with Crippen LogP contribution in [0.4, 0.5) is 0 Å². The number of carbonyl (C=O) groups is 1. The number of benzene rings is 1. The minimum absolute atomic E-state index is 0.229. The fourth-order valence-electron chi connectivity index (χ4n) is 3.97. The number of rotatable bonds is 6. The van der Waals surface area contributed by atoms with Gasteiger partial charge in [0.15, 0.2) is 0 Å². The normalized spacial score (nSPS) is 23.4. The molecule has 1 unspecified atom stereocenters. The predicted molar refractivity (Wildman–Crippen MR) is 93.1 cm³/mol. The molecular formula is C19H25N3O3. The van der Waals surface area contributed by atoms with E-state index in [1.165, 1.54) is 0 Å². The lowest BCUT2D eigenvalue weighted by Gasteiger charge is -2.24. The maximum Gasteiger partial charge on any atom is 0.230 e. The van der Waals surface area contributed by atoms with E-state index in [-0.39, 0.29) is 11.3 Å². The molecule has 2 fully saturated rings. The molecule has 2 heterocycles. The number of amides is 1. The molecule has 6 heteroatoms. The lowest BCUT2D eigenvalue weighted by molar-refractivity contribution is -0.136. The third-order valence-corrected chi connectivity index (χ3v) is 5.41. The molecule has 0 bridgehead atoms. The Morgan fingerprint density at radius 3 is 2.80 bits per heavy atom. The average Bonchev–Trinajstić information content (AvgIpc) is 3.18. The van der Waals surface area contributed by atoms with E-state index < -0.39 is 0 Å². The zero-order chi connectivity index (χ0) is 17.9. The van der Waals surface area contributed by atoms with Gasteiger partial charge in [0.05, 0.1) is 30.8 Å². The van der Waals surface area contributed by atoms with Gasteiger partial charge in [-0.25, -0.2) is 0 Å². The van der Waals surface area contributed by atoms with Crippen LogP contribution in [0.1, 0.15) is 24.0 Å². The van der Waals surface area contributed by atoms with E-state index in [0.29, 0.717) is 18.7 Å². The van der Waals surface area contributed by atoms with Gasteiger partial charge in [0.2, 0.25) is 5.91 Å². The van der Waals surface area contributed by atoms with Crippen LogP contribution in [0.2, 0.25) is 0 Å². The maximum absolute atomic E-state index is 12.8. The molecule has 0 radical (unpaired) electrons. The van der Waals surface area contributed by atoms with Gasteiger partial charge in [-0.05, 0) is 31.5 Å². The first-order valence-corrected chi connectivity index (χ1v) is 8.69. The molecular weight excluding hydrogens is 318 g/mol. The van der Waals surface area contributed by atoms with Crippen LogP contribution in [-0.2, 0) is 16.1 Å². The van der Waals surface area contributed by atoms with E-state index in [1.54, 1.807) is 20.3 Å². The molecule has 6 nitrogen and oxygen atoms in total. The third-order valence-electron chi connectivity index (χ3n) is 5.41. The summed E-state index contributed by atoms with van der Waals surface area (Å²) >= 11 is 0. The quantitative estimate of drug-likeness (QED) is 0.786. The van der Waals surface area contributed by atoms with Gasteiger partial charge in [0, 0.05) is 38.9 Å². The molecule has 2 aliphatic rings. The van der Waals surface area contributed by atoms with Crippen molar-refractivity contribution in [1.29, 1.82) is 5.26 Å². The SMILES string of the molecule is COCCN1CCC2(CCN(Cc3ccc(C#N)cc3OC)C2)C1=O. The lowest BCUT2D eigenvalue weighted by atomic mass is 9.85. The number of ether oxygens (including phenoxy) is 2. The summed E-state index contributed by atoms with van der Waals surface area (Å²) in [6.07, 6.45) is 1.84. The van der Waals surface area contributed by atoms with Crippen molar-refractivity contribution >= 4 is 5.91 Å². The number of hydrogen-bond donors (Lipinski definition) is 0. The van der Waals surface area contributed by atoms with Crippen molar-refractivity contribution in [3.05, 3.63) is 29.3 Å². The van der Waals surface area contributed by atoms with E-state index in [1.807, 2.05) is 17.0 Å². The van der Waals surface area contributed by atoms with Crippen LogP contribution < -0.4 is 4.74 Å². The Kier molecular flexibility index (Phi) is 5.26. The summed E-state index contributed by atoms with van der Waals surface area (Å²) in [6, 6.07) is 7.67. The summed E-state index contributed by atoms with van der Waals surface area (Å²) in [6.45, 7) is 4.54. The van der Waals surface area contributed by atoms with Crippen molar-refractivity contribution in [3.8, 4) is 11.8 Å². The molecule has 3 rings (SSSR count). The third kappa shape index (κ3) is 3.48. The molecule has 134 valence electrons. The van der Waals surface area contributed by atoms with Gasteiger partial charge in [0.1, 0.15) is 5.75 Å². The van der Waals surface area contributed by atoms with Gasteiger partial charge in [-0.2, -0.15) is 5.26 Å². The number of nitrogens with zero attached hydrogens (tertiary/aromatic N) is 3. The van der Waals surface area contributed by atoms with Crippen LogP contribution in [0.25, 0.3) is 0 Å².